The fraction of sp³-hybridized carbons (Fsp3) is 0.0625. The van der Waals surface area contributed by atoms with Crippen molar-refractivity contribution in [2.45, 2.75) is 0 Å². The van der Waals surface area contributed by atoms with Crippen LogP contribution in [0.1, 0.15) is 0 Å². The molecule has 0 atom stereocenters. The quantitative estimate of drug-likeness (QED) is 0.498. The summed E-state index contributed by atoms with van der Waals surface area (Å²) in [5, 5.41) is 2.19. The van der Waals surface area contributed by atoms with Crippen molar-refractivity contribution >= 4 is 10.8 Å². The average molecular weight is 257 g/mol. The smallest absolute Gasteiger partial charge is 0.497 e. The average Bonchev–Trinajstić information content (AvgIpc) is 2.47. The second kappa shape index (κ2) is 6.20. The van der Waals surface area contributed by atoms with Crippen LogP contribution in [0.3, 0.4) is 0 Å². The zero-order valence-electron chi connectivity index (χ0n) is 11.1. The summed E-state index contributed by atoms with van der Waals surface area (Å²) in [6.07, 6.45) is 3.64. The molecule has 3 rings (SSSR count). The van der Waals surface area contributed by atoms with E-state index in [2.05, 4.69) is 17.1 Å². The fourth-order valence-corrected chi connectivity index (χ4v) is 1.97. The molecule has 0 fully saturated rings. The molecular formula is C16H12NNaO. The molecule has 0 bridgehead atoms. The number of hydrogen-bond donors (Lipinski definition) is 0. The van der Waals surface area contributed by atoms with E-state index in [1.54, 1.807) is 13.3 Å². The van der Waals surface area contributed by atoms with Gasteiger partial charge in [-0.15, -0.1) is 29.7 Å². The van der Waals surface area contributed by atoms with Crippen molar-refractivity contribution < 1.29 is 34.3 Å². The van der Waals surface area contributed by atoms with Crippen LogP contribution in [0.5, 0.6) is 5.75 Å². The topological polar surface area (TPSA) is 22.1 Å². The van der Waals surface area contributed by atoms with Gasteiger partial charge in [-0.3, -0.25) is 4.98 Å². The minimum Gasteiger partial charge on any atom is -0.497 e. The van der Waals surface area contributed by atoms with Crippen LogP contribution in [0.4, 0.5) is 0 Å². The summed E-state index contributed by atoms with van der Waals surface area (Å²) in [7, 11) is 1.67. The molecule has 1 heterocycles. The Bertz CT molecular complexity index is 680. The molecule has 0 N–H and O–H groups in total. The fourth-order valence-electron chi connectivity index (χ4n) is 1.97. The summed E-state index contributed by atoms with van der Waals surface area (Å²) in [4.78, 5) is 4.14. The van der Waals surface area contributed by atoms with Crippen LogP contribution in [0, 0.1) is 6.07 Å². The molecule has 0 aliphatic carbocycles. The molecule has 0 spiro atoms. The van der Waals surface area contributed by atoms with Crippen LogP contribution in [-0.4, -0.2) is 12.1 Å². The first kappa shape index (κ1) is 14.1. The van der Waals surface area contributed by atoms with E-state index >= 15 is 0 Å². The molecule has 0 amide bonds. The van der Waals surface area contributed by atoms with Gasteiger partial charge in [0.1, 0.15) is 5.75 Å². The molecule has 88 valence electrons. The van der Waals surface area contributed by atoms with Crippen molar-refractivity contribution in [3.05, 3.63) is 60.9 Å². The van der Waals surface area contributed by atoms with Crippen LogP contribution in [0.2, 0.25) is 0 Å². The Morgan fingerprint density at radius 3 is 2.58 bits per heavy atom. The summed E-state index contributed by atoms with van der Waals surface area (Å²) in [6, 6.07) is 17.4. The molecule has 3 heteroatoms. The van der Waals surface area contributed by atoms with Gasteiger partial charge in [0, 0.05) is 0 Å². The molecule has 0 radical (unpaired) electrons. The largest absolute Gasteiger partial charge is 1.00 e. The number of fused-ring (bicyclic) bond motifs is 1. The van der Waals surface area contributed by atoms with Gasteiger partial charge in [0.2, 0.25) is 0 Å². The number of benzene rings is 2. The summed E-state index contributed by atoms with van der Waals surface area (Å²) < 4.78 is 5.16. The first-order valence-electron chi connectivity index (χ1n) is 5.77. The van der Waals surface area contributed by atoms with Gasteiger partial charge < -0.3 is 4.74 Å². The Morgan fingerprint density at radius 1 is 1.05 bits per heavy atom. The normalized spacial score (nSPS) is 9.95. The summed E-state index contributed by atoms with van der Waals surface area (Å²) >= 11 is 0. The maximum absolute atomic E-state index is 5.16. The summed E-state index contributed by atoms with van der Waals surface area (Å²) in [6.45, 7) is 0. The summed E-state index contributed by atoms with van der Waals surface area (Å²) in [5.74, 6) is 0.866. The second-order valence-electron chi connectivity index (χ2n) is 4.08. The molecular weight excluding hydrogens is 245 g/mol. The monoisotopic (exact) mass is 257 g/mol. The van der Waals surface area contributed by atoms with Crippen molar-refractivity contribution in [2.75, 3.05) is 7.11 Å². The van der Waals surface area contributed by atoms with E-state index < -0.39 is 0 Å². The van der Waals surface area contributed by atoms with E-state index in [0.29, 0.717) is 0 Å². The van der Waals surface area contributed by atoms with Crippen molar-refractivity contribution in [1.29, 1.82) is 0 Å². The molecule has 0 aliphatic rings. The molecule has 0 saturated heterocycles. The maximum Gasteiger partial charge on any atom is 1.00 e. The molecule has 2 aromatic carbocycles. The minimum atomic E-state index is 0. The van der Waals surface area contributed by atoms with E-state index in [1.807, 2.05) is 42.6 Å². The molecule has 0 saturated carbocycles. The summed E-state index contributed by atoms with van der Waals surface area (Å²) in [5.41, 5.74) is 2.29. The van der Waals surface area contributed by atoms with Crippen LogP contribution >= 0.6 is 0 Å². The first-order chi connectivity index (χ1) is 8.86. The SMILES string of the molecule is COc1ccc(-c2c[c-]c3ccncc3c2)cc1.[Na+]. The second-order valence-corrected chi connectivity index (χ2v) is 4.08. The minimum absolute atomic E-state index is 0. The number of aromatic nitrogens is 1. The van der Waals surface area contributed by atoms with E-state index in [1.165, 1.54) is 0 Å². The Balaban J connectivity index is 0.00000133. The van der Waals surface area contributed by atoms with Gasteiger partial charge in [-0.25, -0.2) is 0 Å². The third-order valence-corrected chi connectivity index (χ3v) is 2.97. The Kier molecular flexibility index (Phi) is 4.59. The number of pyridine rings is 1. The van der Waals surface area contributed by atoms with E-state index in [4.69, 9.17) is 4.74 Å². The van der Waals surface area contributed by atoms with Crippen LogP contribution in [-0.2, 0) is 0 Å². The number of ether oxygens (including phenoxy) is 1. The van der Waals surface area contributed by atoms with Crippen molar-refractivity contribution in [3.63, 3.8) is 0 Å². The van der Waals surface area contributed by atoms with E-state index in [-0.39, 0.29) is 29.6 Å². The van der Waals surface area contributed by atoms with Crippen LogP contribution in [0.15, 0.2) is 54.9 Å². The molecule has 0 aliphatic heterocycles. The van der Waals surface area contributed by atoms with Crippen molar-refractivity contribution in [1.82, 2.24) is 4.98 Å². The van der Waals surface area contributed by atoms with E-state index in [0.717, 1.165) is 27.6 Å². The Morgan fingerprint density at radius 2 is 1.84 bits per heavy atom. The van der Waals surface area contributed by atoms with Crippen LogP contribution in [0.25, 0.3) is 21.9 Å². The predicted molar refractivity (Wildman–Crippen MR) is 72.6 cm³/mol. The molecule has 0 unspecified atom stereocenters. The molecule has 19 heavy (non-hydrogen) atoms. The molecule has 3 aromatic rings. The van der Waals surface area contributed by atoms with Gasteiger partial charge in [0.25, 0.3) is 0 Å². The van der Waals surface area contributed by atoms with Gasteiger partial charge in [0.15, 0.2) is 0 Å². The van der Waals surface area contributed by atoms with Gasteiger partial charge >= 0.3 is 29.6 Å². The molecule has 2 nitrogen and oxygen atoms in total. The third kappa shape index (κ3) is 2.98. The molecule has 1 aromatic heterocycles. The van der Waals surface area contributed by atoms with Gasteiger partial charge in [0.05, 0.1) is 7.11 Å². The standard InChI is InChI=1S/C16H12NO.Na/c1-18-16-6-4-12(5-7-16)14-3-2-13-8-9-17-11-15(13)10-14;/h3-11H,1H3;/q-1;+1. The third-order valence-electron chi connectivity index (χ3n) is 2.97. The number of methoxy groups -OCH3 is 1. The van der Waals surface area contributed by atoms with Gasteiger partial charge in [-0.05, 0) is 24.5 Å². The number of nitrogens with zero attached hydrogens (tertiary/aromatic N) is 1. The van der Waals surface area contributed by atoms with Crippen LogP contribution < -0.4 is 34.3 Å². The Hall–Kier alpha value is -1.35. The zero-order valence-corrected chi connectivity index (χ0v) is 13.1. The number of rotatable bonds is 2. The van der Waals surface area contributed by atoms with Crippen molar-refractivity contribution in [3.8, 4) is 16.9 Å². The zero-order chi connectivity index (χ0) is 12.4. The number of hydrogen-bond acceptors (Lipinski definition) is 2. The van der Waals surface area contributed by atoms with Gasteiger partial charge in [-0.1, -0.05) is 28.6 Å². The van der Waals surface area contributed by atoms with Gasteiger partial charge in [-0.2, -0.15) is 0 Å². The Labute approximate surface area is 134 Å². The van der Waals surface area contributed by atoms with Crippen molar-refractivity contribution in [2.24, 2.45) is 0 Å². The predicted octanol–water partition coefficient (Wildman–Crippen LogP) is 0.715. The van der Waals surface area contributed by atoms with E-state index in [9.17, 15) is 0 Å². The maximum atomic E-state index is 5.16. The first-order valence-corrected chi connectivity index (χ1v) is 5.77.